The average molecular weight is 329 g/mol. The maximum absolute atomic E-state index is 11.9. The molecule has 0 spiro atoms. The maximum Gasteiger partial charge on any atom is 0.355 e. The molecule has 0 radical (unpaired) electrons. The van der Waals surface area contributed by atoms with E-state index in [9.17, 15) is 9.90 Å². The molecule has 2 aromatic rings. The molecule has 1 fully saturated rings. The van der Waals surface area contributed by atoms with Gasteiger partial charge in [0.1, 0.15) is 0 Å². The second kappa shape index (κ2) is 5.23. The third-order valence-electron chi connectivity index (χ3n) is 4.68. The number of aromatic nitrogens is 1. The molecule has 6 heteroatoms. The van der Waals surface area contributed by atoms with Gasteiger partial charge in [0.05, 0.1) is 16.3 Å². The molecule has 1 N–H and O–H groups in total. The van der Waals surface area contributed by atoms with Gasteiger partial charge >= 0.3 is 5.97 Å². The lowest BCUT2D eigenvalue weighted by molar-refractivity contribution is -0.133. The Balaban J connectivity index is 2.05. The quantitative estimate of drug-likeness (QED) is 0.859. The molecule has 4 rings (SSSR count). The zero-order valence-electron chi connectivity index (χ0n) is 13.2. The normalized spacial score (nSPS) is 18.0. The minimum Gasteiger partial charge on any atom is -0.476 e. The van der Waals surface area contributed by atoms with Crippen LogP contribution in [0.4, 0.5) is 0 Å². The summed E-state index contributed by atoms with van der Waals surface area (Å²) in [6.45, 7) is 1.84. The molecule has 1 aromatic carbocycles. The van der Waals surface area contributed by atoms with E-state index in [0.29, 0.717) is 5.70 Å². The number of likely N-dealkylation sites (tertiary alicyclic amines) is 1. The van der Waals surface area contributed by atoms with Crippen LogP contribution in [0.3, 0.4) is 0 Å². The van der Waals surface area contributed by atoms with E-state index < -0.39 is 5.97 Å². The number of hydrogen-bond donors (Lipinski definition) is 1. The lowest BCUT2D eigenvalue weighted by atomic mass is 10.2. The summed E-state index contributed by atoms with van der Waals surface area (Å²) in [6.07, 6.45) is 2.24. The SMILES string of the molecule is CN1Sc2c(n(C)c3ccccc23)C(N2CCCC2)=C1C(=O)O. The van der Waals surface area contributed by atoms with Gasteiger partial charge in [-0.3, -0.25) is 0 Å². The molecule has 0 amide bonds. The lowest BCUT2D eigenvalue weighted by Crippen LogP contribution is -2.30. The first-order valence-corrected chi connectivity index (χ1v) is 8.59. The number of aliphatic carboxylic acids is 1. The summed E-state index contributed by atoms with van der Waals surface area (Å²) >= 11 is 1.51. The van der Waals surface area contributed by atoms with Gasteiger partial charge in [-0.1, -0.05) is 18.2 Å². The third-order valence-corrected chi connectivity index (χ3v) is 5.73. The van der Waals surface area contributed by atoms with Crippen LogP contribution in [0.1, 0.15) is 18.5 Å². The summed E-state index contributed by atoms with van der Waals surface area (Å²) in [4.78, 5) is 15.3. The van der Waals surface area contributed by atoms with E-state index >= 15 is 0 Å². The number of likely N-dealkylation sites (N-methyl/N-ethyl adjacent to an activating group) is 1. The summed E-state index contributed by atoms with van der Waals surface area (Å²) in [5.41, 5.74) is 3.43. The molecule has 0 atom stereocenters. The highest BCUT2D eigenvalue weighted by Gasteiger charge is 2.36. The fourth-order valence-corrected chi connectivity index (χ4v) is 4.76. The van der Waals surface area contributed by atoms with E-state index in [1.807, 2.05) is 26.2 Å². The number of carboxylic acids is 1. The molecule has 0 bridgehead atoms. The number of rotatable bonds is 2. The Hall–Kier alpha value is -2.08. The highest BCUT2D eigenvalue weighted by Crippen LogP contribution is 2.46. The van der Waals surface area contributed by atoms with Crippen LogP contribution in [0.25, 0.3) is 16.6 Å². The van der Waals surface area contributed by atoms with Crippen molar-refractivity contribution in [1.82, 2.24) is 13.8 Å². The minimum absolute atomic E-state index is 0.385. The minimum atomic E-state index is -0.863. The van der Waals surface area contributed by atoms with E-state index in [0.717, 1.165) is 47.7 Å². The van der Waals surface area contributed by atoms with Crippen LogP contribution < -0.4 is 0 Å². The van der Waals surface area contributed by atoms with E-state index in [1.54, 1.807) is 4.31 Å². The van der Waals surface area contributed by atoms with Crippen molar-refractivity contribution in [2.24, 2.45) is 7.05 Å². The number of carboxylic acid groups (broad SMARTS) is 1. The number of para-hydroxylation sites is 1. The zero-order valence-corrected chi connectivity index (χ0v) is 14.1. The molecule has 23 heavy (non-hydrogen) atoms. The molecule has 0 saturated carbocycles. The predicted octanol–water partition coefficient (Wildman–Crippen LogP) is 2.98. The third kappa shape index (κ3) is 2.05. The number of nitrogens with zero attached hydrogens (tertiary/aromatic N) is 3. The number of benzene rings is 1. The van der Waals surface area contributed by atoms with Crippen LogP contribution in [0, 0.1) is 0 Å². The molecule has 120 valence electrons. The van der Waals surface area contributed by atoms with Crippen LogP contribution in [0.5, 0.6) is 0 Å². The predicted molar refractivity (Wildman–Crippen MR) is 91.9 cm³/mol. The Labute approximate surface area is 139 Å². The fourth-order valence-electron chi connectivity index (χ4n) is 3.64. The van der Waals surface area contributed by atoms with E-state index in [4.69, 9.17) is 0 Å². The first-order valence-electron chi connectivity index (χ1n) is 7.81. The van der Waals surface area contributed by atoms with Gasteiger partial charge in [-0.05, 0) is 30.9 Å². The van der Waals surface area contributed by atoms with Gasteiger partial charge in [-0.2, -0.15) is 0 Å². The molecule has 5 nitrogen and oxygen atoms in total. The van der Waals surface area contributed by atoms with E-state index in [2.05, 4.69) is 21.6 Å². The number of fused-ring (bicyclic) bond motifs is 3. The van der Waals surface area contributed by atoms with Crippen LogP contribution in [0.2, 0.25) is 0 Å². The van der Waals surface area contributed by atoms with Crippen molar-refractivity contribution in [2.45, 2.75) is 17.7 Å². The lowest BCUT2D eigenvalue weighted by Gasteiger charge is -2.32. The van der Waals surface area contributed by atoms with Gasteiger partial charge in [-0.25, -0.2) is 4.79 Å². The number of aryl methyl sites for hydroxylation is 1. The van der Waals surface area contributed by atoms with Crippen LogP contribution in [-0.4, -0.2) is 45.0 Å². The van der Waals surface area contributed by atoms with Crippen LogP contribution >= 0.6 is 11.9 Å². The fraction of sp³-hybridized carbons (Fsp3) is 0.353. The van der Waals surface area contributed by atoms with Crippen molar-refractivity contribution in [3.8, 4) is 0 Å². The summed E-state index contributed by atoms with van der Waals surface area (Å²) in [6, 6.07) is 8.27. The highest BCUT2D eigenvalue weighted by atomic mass is 32.2. The second-order valence-corrected chi connectivity index (χ2v) is 7.18. The van der Waals surface area contributed by atoms with Crippen molar-refractivity contribution in [3.63, 3.8) is 0 Å². The Kier molecular flexibility index (Phi) is 3.30. The summed E-state index contributed by atoms with van der Waals surface area (Å²) in [5, 5.41) is 11.0. The summed E-state index contributed by atoms with van der Waals surface area (Å²) in [5.74, 6) is -0.863. The molecular weight excluding hydrogens is 310 g/mol. The van der Waals surface area contributed by atoms with Gasteiger partial charge < -0.3 is 18.9 Å². The van der Waals surface area contributed by atoms with Crippen molar-refractivity contribution >= 4 is 34.5 Å². The molecule has 2 aliphatic rings. The van der Waals surface area contributed by atoms with Crippen molar-refractivity contribution in [3.05, 3.63) is 35.7 Å². The maximum atomic E-state index is 11.9. The van der Waals surface area contributed by atoms with E-state index in [1.165, 1.54) is 17.3 Å². The second-order valence-electron chi connectivity index (χ2n) is 6.04. The molecule has 1 saturated heterocycles. The van der Waals surface area contributed by atoms with Crippen LogP contribution in [0.15, 0.2) is 34.9 Å². The molecule has 3 heterocycles. The van der Waals surface area contributed by atoms with Gasteiger partial charge in [-0.15, -0.1) is 0 Å². The molecule has 0 aliphatic carbocycles. The monoisotopic (exact) mass is 329 g/mol. The van der Waals surface area contributed by atoms with Gasteiger partial charge in [0.25, 0.3) is 0 Å². The van der Waals surface area contributed by atoms with Gasteiger partial charge in [0.15, 0.2) is 5.70 Å². The van der Waals surface area contributed by atoms with Crippen molar-refractivity contribution in [2.75, 3.05) is 20.1 Å². The first kappa shape index (κ1) is 14.5. The van der Waals surface area contributed by atoms with Gasteiger partial charge in [0, 0.05) is 38.1 Å². The summed E-state index contributed by atoms with van der Waals surface area (Å²) < 4.78 is 3.94. The standard InChI is InChI=1S/C17H19N3O2S/c1-18-12-8-4-3-7-11(12)16-14(18)13(20-9-5-6-10-20)15(17(21)22)19(2)23-16/h3-4,7-8H,5-6,9-10H2,1-2H3,(H,21,22). The Morgan fingerprint density at radius 3 is 2.57 bits per heavy atom. The molecule has 2 aliphatic heterocycles. The topological polar surface area (TPSA) is 48.7 Å². The number of hydrogen-bond acceptors (Lipinski definition) is 4. The highest BCUT2D eigenvalue weighted by molar-refractivity contribution is 7.97. The Morgan fingerprint density at radius 1 is 1.17 bits per heavy atom. The largest absolute Gasteiger partial charge is 0.476 e. The Bertz CT molecular complexity index is 834. The van der Waals surface area contributed by atoms with Crippen molar-refractivity contribution in [1.29, 1.82) is 0 Å². The average Bonchev–Trinajstić information content (AvgIpc) is 3.14. The smallest absolute Gasteiger partial charge is 0.355 e. The molecule has 0 unspecified atom stereocenters. The number of carbonyl (C=O) groups is 1. The Morgan fingerprint density at radius 2 is 1.87 bits per heavy atom. The molecule has 1 aromatic heterocycles. The first-order chi connectivity index (χ1) is 11.1. The van der Waals surface area contributed by atoms with Gasteiger partial charge in [0.2, 0.25) is 0 Å². The summed E-state index contributed by atoms with van der Waals surface area (Å²) in [7, 11) is 3.87. The zero-order chi connectivity index (χ0) is 16.1. The molecular formula is C17H19N3O2S. The van der Waals surface area contributed by atoms with Crippen LogP contribution in [-0.2, 0) is 11.8 Å². The van der Waals surface area contributed by atoms with Crippen molar-refractivity contribution < 1.29 is 9.90 Å². The van der Waals surface area contributed by atoms with E-state index in [-0.39, 0.29) is 0 Å².